The summed E-state index contributed by atoms with van der Waals surface area (Å²) in [4.78, 5) is 2.48. The predicted octanol–water partition coefficient (Wildman–Crippen LogP) is 2.34. The van der Waals surface area contributed by atoms with E-state index in [4.69, 9.17) is 9.47 Å². The Morgan fingerprint density at radius 1 is 0.839 bits per heavy atom. The van der Waals surface area contributed by atoms with Gasteiger partial charge in [-0.15, -0.1) is 30.0 Å². The number of phenolic OH excluding ortho intramolecular Hbond substituents is 2. The van der Waals surface area contributed by atoms with E-state index in [2.05, 4.69) is 20.4 Å². The molecule has 1 aliphatic heterocycles. The highest BCUT2D eigenvalue weighted by molar-refractivity contribution is 5.77. The lowest BCUT2D eigenvalue weighted by molar-refractivity contribution is 0.259. The number of hydrogen-bond donors (Lipinski definition) is 2. The van der Waals surface area contributed by atoms with E-state index in [-0.39, 0.29) is 41.3 Å². The van der Waals surface area contributed by atoms with Crippen molar-refractivity contribution >= 4 is 22.1 Å². The zero-order chi connectivity index (χ0) is 20.9. The van der Waals surface area contributed by atoms with Crippen LogP contribution in [0, 0.1) is 0 Å². The highest BCUT2D eigenvalue weighted by Gasteiger charge is 2.28. The van der Waals surface area contributed by atoms with Crippen molar-refractivity contribution in [1.82, 2.24) is 30.0 Å². The molecule has 1 atom stereocenters. The molecule has 3 aromatic carbocycles. The van der Waals surface area contributed by atoms with E-state index in [9.17, 15) is 10.2 Å². The number of phenols is 2. The molecule has 2 aromatic heterocycles. The number of nitrogens with zero attached hydrogens (tertiary/aromatic N) is 6. The summed E-state index contributed by atoms with van der Waals surface area (Å²) in [7, 11) is 0. The minimum Gasteiger partial charge on any atom is -0.505 e. The van der Waals surface area contributed by atoms with Crippen molar-refractivity contribution in [2.45, 2.75) is 6.10 Å². The highest BCUT2D eigenvalue weighted by atomic mass is 16.6. The van der Waals surface area contributed by atoms with E-state index in [1.165, 1.54) is 15.7 Å². The number of aromatic nitrogens is 6. The maximum absolute atomic E-state index is 11.2. The molecule has 31 heavy (non-hydrogen) atoms. The van der Waals surface area contributed by atoms with E-state index in [0.29, 0.717) is 28.7 Å². The van der Waals surface area contributed by atoms with Gasteiger partial charge in [-0.1, -0.05) is 24.3 Å². The molecule has 1 aliphatic rings. The fourth-order valence-electron chi connectivity index (χ4n) is 3.38. The van der Waals surface area contributed by atoms with E-state index < -0.39 is 0 Å². The summed E-state index contributed by atoms with van der Waals surface area (Å²) in [5.74, 6) is -0.344. The maximum Gasteiger partial charge on any atom is 0.178 e. The molecule has 0 aliphatic carbocycles. The average Bonchev–Trinajstić information content (AvgIpc) is 3.34. The summed E-state index contributed by atoms with van der Waals surface area (Å²) < 4.78 is 11.0. The molecule has 2 N–H and O–H groups in total. The van der Waals surface area contributed by atoms with Crippen LogP contribution in [0.2, 0.25) is 0 Å². The van der Waals surface area contributed by atoms with Gasteiger partial charge in [-0.05, 0) is 24.3 Å². The Morgan fingerprint density at radius 2 is 1.32 bits per heavy atom. The molecule has 0 bridgehead atoms. The quantitative estimate of drug-likeness (QED) is 0.419. The van der Waals surface area contributed by atoms with E-state index in [0.717, 1.165) is 0 Å². The van der Waals surface area contributed by atoms with Crippen molar-refractivity contribution in [3.63, 3.8) is 0 Å². The van der Waals surface area contributed by atoms with Gasteiger partial charge < -0.3 is 19.7 Å². The van der Waals surface area contributed by atoms with Gasteiger partial charge in [-0.25, -0.2) is 0 Å². The van der Waals surface area contributed by atoms with Gasteiger partial charge in [-0.2, -0.15) is 0 Å². The Balaban J connectivity index is 1.56. The molecule has 6 rings (SSSR count). The van der Waals surface area contributed by atoms with Gasteiger partial charge in [0, 0.05) is 6.07 Å². The van der Waals surface area contributed by atoms with Crippen molar-refractivity contribution in [3.05, 3.63) is 54.6 Å². The van der Waals surface area contributed by atoms with Crippen molar-refractivity contribution in [1.29, 1.82) is 0 Å². The first-order valence-corrected chi connectivity index (χ1v) is 9.65. The minimum absolute atomic E-state index is 0.00239. The molecule has 0 radical (unpaired) electrons. The fraction of sp³-hybridized carbons (Fsp3) is 0.143. The lowest BCUT2D eigenvalue weighted by Gasteiger charge is -2.15. The van der Waals surface area contributed by atoms with Crippen LogP contribution in [0.15, 0.2) is 54.6 Å². The number of epoxide rings is 1. The van der Waals surface area contributed by atoms with E-state index >= 15 is 0 Å². The second kappa shape index (κ2) is 6.67. The smallest absolute Gasteiger partial charge is 0.178 e. The molecular weight excluding hydrogens is 400 g/mol. The van der Waals surface area contributed by atoms with Crippen LogP contribution >= 0.6 is 0 Å². The SMILES string of the molecule is Oc1cc(OCC2CO2)c(-n2nc3ccccc3n2)c(O)c1-n1nc2ccccc2n1. The zero-order valence-corrected chi connectivity index (χ0v) is 16.1. The lowest BCUT2D eigenvalue weighted by Crippen LogP contribution is -2.10. The van der Waals surface area contributed by atoms with E-state index in [1.54, 1.807) is 12.1 Å². The number of aromatic hydroxyl groups is 2. The largest absolute Gasteiger partial charge is 0.505 e. The van der Waals surface area contributed by atoms with Crippen LogP contribution in [0.1, 0.15) is 0 Å². The number of rotatable bonds is 5. The Labute approximate surface area is 174 Å². The normalized spacial score (nSPS) is 15.5. The van der Waals surface area contributed by atoms with Crippen molar-refractivity contribution in [3.8, 4) is 28.6 Å². The standard InChI is InChI=1S/C21H16N6O4/c28-17-9-18(31-11-12-10-30-12)20(27-24-15-7-3-4-8-16(15)25-27)21(29)19(17)26-22-13-5-1-2-6-14(13)23-26/h1-9,12,28-29H,10-11H2. The second-order valence-corrected chi connectivity index (χ2v) is 7.16. The highest BCUT2D eigenvalue weighted by Crippen LogP contribution is 2.42. The molecule has 154 valence electrons. The molecule has 1 saturated heterocycles. The van der Waals surface area contributed by atoms with Gasteiger partial charge in [0.1, 0.15) is 34.8 Å². The van der Waals surface area contributed by atoms with Crippen molar-refractivity contribution < 1.29 is 19.7 Å². The third kappa shape index (κ3) is 3.01. The summed E-state index contributed by atoms with van der Waals surface area (Å²) in [5, 5.41) is 39.6. The number of ether oxygens (including phenoxy) is 2. The van der Waals surface area contributed by atoms with Crippen molar-refractivity contribution in [2.75, 3.05) is 13.2 Å². The molecule has 1 unspecified atom stereocenters. The predicted molar refractivity (Wildman–Crippen MR) is 110 cm³/mol. The first kappa shape index (κ1) is 17.7. The van der Waals surface area contributed by atoms with Crippen LogP contribution in [0.3, 0.4) is 0 Å². The number of hydrogen-bond acceptors (Lipinski definition) is 8. The first-order valence-electron chi connectivity index (χ1n) is 9.65. The van der Waals surface area contributed by atoms with Crippen LogP contribution in [0.4, 0.5) is 0 Å². The van der Waals surface area contributed by atoms with Crippen LogP contribution in [0.25, 0.3) is 33.4 Å². The van der Waals surface area contributed by atoms with Gasteiger partial charge >= 0.3 is 0 Å². The van der Waals surface area contributed by atoms with Crippen LogP contribution in [-0.2, 0) is 4.74 Å². The van der Waals surface area contributed by atoms with Crippen LogP contribution < -0.4 is 4.74 Å². The lowest BCUT2D eigenvalue weighted by atomic mass is 10.2. The third-order valence-corrected chi connectivity index (χ3v) is 4.99. The van der Waals surface area contributed by atoms with Gasteiger partial charge in [0.05, 0.1) is 6.61 Å². The molecule has 10 nitrogen and oxygen atoms in total. The summed E-state index contributed by atoms with van der Waals surface area (Å²) >= 11 is 0. The summed E-state index contributed by atoms with van der Waals surface area (Å²) in [5.41, 5.74) is 2.72. The summed E-state index contributed by atoms with van der Waals surface area (Å²) in [6, 6.07) is 16.0. The number of fused-ring (bicyclic) bond motifs is 2. The Morgan fingerprint density at radius 3 is 1.81 bits per heavy atom. The molecule has 0 saturated carbocycles. The Hall–Kier alpha value is -4.18. The third-order valence-electron chi connectivity index (χ3n) is 4.99. The fourth-order valence-corrected chi connectivity index (χ4v) is 3.38. The average molecular weight is 416 g/mol. The van der Waals surface area contributed by atoms with Gasteiger partial charge in [0.2, 0.25) is 0 Å². The van der Waals surface area contributed by atoms with Crippen molar-refractivity contribution in [2.24, 2.45) is 0 Å². The maximum atomic E-state index is 11.2. The monoisotopic (exact) mass is 416 g/mol. The van der Waals surface area contributed by atoms with Gasteiger partial charge in [0.25, 0.3) is 0 Å². The summed E-state index contributed by atoms with van der Waals surface area (Å²) in [6.45, 7) is 0.884. The number of benzene rings is 3. The molecule has 5 aromatic rings. The van der Waals surface area contributed by atoms with Gasteiger partial charge in [-0.3, -0.25) is 0 Å². The molecule has 0 spiro atoms. The minimum atomic E-state index is -0.313. The van der Waals surface area contributed by atoms with Crippen LogP contribution in [0.5, 0.6) is 17.2 Å². The molecule has 0 amide bonds. The zero-order valence-electron chi connectivity index (χ0n) is 16.1. The van der Waals surface area contributed by atoms with Gasteiger partial charge in [0.15, 0.2) is 28.6 Å². The molecule has 3 heterocycles. The molecule has 10 heteroatoms. The second-order valence-electron chi connectivity index (χ2n) is 7.16. The summed E-state index contributed by atoms with van der Waals surface area (Å²) in [6.07, 6.45) is -0.0143. The molecular formula is C21H16N6O4. The first-order chi connectivity index (χ1) is 15.2. The topological polar surface area (TPSA) is 124 Å². The van der Waals surface area contributed by atoms with E-state index in [1.807, 2.05) is 36.4 Å². The molecule has 1 fully saturated rings. The van der Waals surface area contributed by atoms with Crippen LogP contribution in [-0.4, -0.2) is 59.5 Å². The Bertz CT molecular complexity index is 1370. The Kier molecular flexibility index (Phi) is 3.80.